The number of benzene rings is 2. The van der Waals surface area contributed by atoms with Crippen molar-refractivity contribution in [3.8, 4) is 11.3 Å². The van der Waals surface area contributed by atoms with Crippen LogP contribution in [0.25, 0.3) is 11.3 Å². The molecular weight excluding hydrogens is 386 g/mol. The molecule has 1 aliphatic heterocycles. The molecule has 7 heteroatoms. The Balaban J connectivity index is 1.56. The van der Waals surface area contributed by atoms with E-state index in [1.807, 2.05) is 0 Å². The van der Waals surface area contributed by atoms with Gasteiger partial charge in [-0.2, -0.15) is 5.10 Å². The van der Waals surface area contributed by atoms with Gasteiger partial charge in [0.25, 0.3) is 5.91 Å². The molecule has 1 amide bonds. The number of aryl methyl sites for hydroxylation is 2. The number of aromatic nitrogens is 2. The number of nitrogens with zero attached hydrogens (tertiary/aromatic N) is 4. The molecule has 5 nitrogen and oxygen atoms in total. The van der Waals surface area contributed by atoms with Crippen molar-refractivity contribution in [2.45, 2.75) is 13.3 Å². The SMILES string of the molecule is Cc1ccc(N2CCCN(C(=O)c3cn(C)nc3-c3ccc(F)cc3F)CC2)cc1. The standard InChI is InChI=1S/C23H24F2N4O/c1-16-4-7-18(8-5-16)28-10-3-11-29(13-12-28)23(30)20-15-27(2)26-22(20)19-9-6-17(24)14-21(19)25/h4-9,14-15H,3,10-13H2,1-2H3. The molecule has 1 saturated heterocycles. The van der Waals surface area contributed by atoms with Crippen molar-refractivity contribution in [2.24, 2.45) is 7.05 Å². The summed E-state index contributed by atoms with van der Waals surface area (Å²) in [5, 5.41) is 4.28. The average Bonchev–Trinajstić information content (AvgIpc) is 2.94. The summed E-state index contributed by atoms with van der Waals surface area (Å²) in [6.07, 6.45) is 2.43. The van der Waals surface area contributed by atoms with Crippen LogP contribution in [-0.2, 0) is 7.05 Å². The molecule has 0 atom stereocenters. The summed E-state index contributed by atoms with van der Waals surface area (Å²) in [5.74, 6) is -1.58. The molecule has 0 spiro atoms. The molecule has 0 aliphatic carbocycles. The molecule has 0 radical (unpaired) electrons. The first kappa shape index (κ1) is 20.1. The van der Waals surface area contributed by atoms with Crippen LogP contribution in [0, 0.1) is 18.6 Å². The lowest BCUT2D eigenvalue weighted by Crippen LogP contribution is -2.35. The number of amides is 1. The van der Waals surface area contributed by atoms with Gasteiger partial charge in [-0.25, -0.2) is 8.78 Å². The van der Waals surface area contributed by atoms with Crippen LogP contribution < -0.4 is 4.90 Å². The third-order valence-electron chi connectivity index (χ3n) is 5.43. The van der Waals surface area contributed by atoms with Gasteiger partial charge in [-0.05, 0) is 37.6 Å². The summed E-state index contributed by atoms with van der Waals surface area (Å²) in [6.45, 7) is 4.81. The van der Waals surface area contributed by atoms with E-state index in [2.05, 4.69) is 41.2 Å². The maximum atomic E-state index is 14.3. The van der Waals surface area contributed by atoms with Crippen molar-refractivity contribution in [2.75, 3.05) is 31.1 Å². The van der Waals surface area contributed by atoms with Gasteiger partial charge in [-0.3, -0.25) is 9.48 Å². The molecule has 1 aromatic heterocycles. The Morgan fingerprint density at radius 1 is 1.00 bits per heavy atom. The number of carbonyl (C=O) groups is 1. The van der Waals surface area contributed by atoms with Crippen LogP contribution in [0.4, 0.5) is 14.5 Å². The molecule has 4 rings (SSSR count). The first-order valence-corrected chi connectivity index (χ1v) is 10.0. The Kier molecular flexibility index (Phi) is 5.53. The van der Waals surface area contributed by atoms with E-state index in [1.54, 1.807) is 18.1 Å². The minimum atomic E-state index is -0.732. The van der Waals surface area contributed by atoms with E-state index in [-0.39, 0.29) is 17.2 Å². The average molecular weight is 410 g/mol. The third kappa shape index (κ3) is 4.06. The fourth-order valence-electron chi connectivity index (χ4n) is 3.83. The third-order valence-corrected chi connectivity index (χ3v) is 5.43. The fourth-order valence-corrected chi connectivity index (χ4v) is 3.83. The van der Waals surface area contributed by atoms with Crippen molar-refractivity contribution in [1.82, 2.24) is 14.7 Å². The van der Waals surface area contributed by atoms with Gasteiger partial charge in [0.1, 0.15) is 17.3 Å². The van der Waals surface area contributed by atoms with Crippen LogP contribution in [0.15, 0.2) is 48.7 Å². The van der Waals surface area contributed by atoms with Crippen molar-refractivity contribution < 1.29 is 13.6 Å². The van der Waals surface area contributed by atoms with Gasteiger partial charge in [0.15, 0.2) is 0 Å². The number of carbonyl (C=O) groups excluding carboxylic acids is 1. The lowest BCUT2D eigenvalue weighted by Gasteiger charge is -2.24. The molecule has 1 aliphatic rings. The summed E-state index contributed by atoms with van der Waals surface area (Å²) in [6, 6.07) is 11.7. The van der Waals surface area contributed by atoms with E-state index in [9.17, 15) is 13.6 Å². The number of hydrogen-bond acceptors (Lipinski definition) is 3. The zero-order valence-electron chi connectivity index (χ0n) is 17.1. The Hall–Kier alpha value is -3.22. The maximum Gasteiger partial charge on any atom is 0.257 e. The highest BCUT2D eigenvalue weighted by Crippen LogP contribution is 2.27. The summed E-state index contributed by atoms with van der Waals surface area (Å²) < 4.78 is 29.1. The number of rotatable bonds is 3. The predicted octanol–water partition coefficient (Wildman–Crippen LogP) is 4.03. The number of anilines is 1. The van der Waals surface area contributed by atoms with E-state index in [1.165, 1.54) is 22.4 Å². The molecular formula is C23H24F2N4O. The van der Waals surface area contributed by atoms with Gasteiger partial charge in [0.2, 0.25) is 0 Å². The second kappa shape index (κ2) is 8.26. The summed E-state index contributed by atoms with van der Waals surface area (Å²) in [7, 11) is 1.68. The molecule has 1 fully saturated rings. The zero-order chi connectivity index (χ0) is 21.3. The lowest BCUT2D eigenvalue weighted by molar-refractivity contribution is 0.0767. The molecule has 0 unspecified atom stereocenters. The maximum absolute atomic E-state index is 14.3. The van der Waals surface area contributed by atoms with Gasteiger partial charge in [0, 0.05) is 56.7 Å². The van der Waals surface area contributed by atoms with Gasteiger partial charge >= 0.3 is 0 Å². The van der Waals surface area contributed by atoms with E-state index < -0.39 is 11.6 Å². The lowest BCUT2D eigenvalue weighted by atomic mass is 10.1. The molecule has 156 valence electrons. The number of halogens is 2. The largest absolute Gasteiger partial charge is 0.370 e. The molecule has 2 aromatic carbocycles. The van der Waals surface area contributed by atoms with E-state index in [4.69, 9.17) is 0 Å². The Bertz CT molecular complexity index is 1060. The van der Waals surface area contributed by atoms with E-state index in [0.29, 0.717) is 18.7 Å². The molecule has 0 N–H and O–H groups in total. The molecule has 30 heavy (non-hydrogen) atoms. The van der Waals surface area contributed by atoms with Crippen LogP contribution in [0.2, 0.25) is 0 Å². The number of hydrogen-bond donors (Lipinski definition) is 0. The Morgan fingerprint density at radius 2 is 1.77 bits per heavy atom. The normalized spacial score (nSPS) is 14.7. The second-order valence-electron chi connectivity index (χ2n) is 7.66. The van der Waals surface area contributed by atoms with Gasteiger partial charge in [-0.1, -0.05) is 17.7 Å². The molecule has 3 aromatic rings. The van der Waals surface area contributed by atoms with Gasteiger partial charge in [-0.15, -0.1) is 0 Å². The highest BCUT2D eigenvalue weighted by Gasteiger charge is 2.26. The van der Waals surface area contributed by atoms with Gasteiger partial charge in [0.05, 0.1) is 5.56 Å². The zero-order valence-corrected chi connectivity index (χ0v) is 17.1. The minimum Gasteiger partial charge on any atom is -0.370 e. The van der Waals surface area contributed by atoms with Crippen molar-refractivity contribution in [1.29, 1.82) is 0 Å². The van der Waals surface area contributed by atoms with E-state index >= 15 is 0 Å². The quantitative estimate of drug-likeness (QED) is 0.655. The van der Waals surface area contributed by atoms with Crippen LogP contribution in [0.5, 0.6) is 0 Å². The first-order chi connectivity index (χ1) is 14.4. The molecule has 0 bridgehead atoms. The highest BCUT2D eigenvalue weighted by atomic mass is 19.1. The first-order valence-electron chi connectivity index (χ1n) is 10.0. The monoisotopic (exact) mass is 410 g/mol. The summed E-state index contributed by atoms with van der Waals surface area (Å²) >= 11 is 0. The van der Waals surface area contributed by atoms with Crippen LogP contribution in [-0.4, -0.2) is 46.8 Å². The Labute approximate surface area is 174 Å². The smallest absolute Gasteiger partial charge is 0.257 e. The van der Waals surface area contributed by atoms with Crippen LogP contribution in [0.3, 0.4) is 0 Å². The van der Waals surface area contributed by atoms with Crippen molar-refractivity contribution in [3.05, 3.63) is 71.4 Å². The Morgan fingerprint density at radius 3 is 2.50 bits per heavy atom. The predicted molar refractivity (Wildman–Crippen MR) is 112 cm³/mol. The topological polar surface area (TPSA) is 41.4 Å². The molecule has 0 saturated carbocycles. The van der Waals surface area contributed by atoms with Crippen molar-refractivity contribution in [3.63, 3.8) is 0 Å². The minimum absolute atomic E-state index is 0.122. The summed E-state index contributed by atoms with van der Waals surface area (Å²) in [5.41, 5.74) is 3.04. The van der Waals surface area contributed by atoms with Crippen molar-refractivity contribution >= 4 is 11.6 Å². The van der Waals surface area contributed by atoms with Crippen LogP contribution >= 0.6 is 0 Å². The molecule has 2 heterocycles. The van der Waals surface area contributed by atoms with Crippen LogP contribution in [0.1, 0.15) is 22.3 Å². The van der Waals surface area contributed by atoms with E-state index in [0.717, 1.165) is 31.3 Å². The summed E-state index contributed by atoms with van der Waals surface area (Å²) in [4.78, 5) is 17.3. The highest BCUT2D eigenvalue weighted by molar-refractivity contribution is 6.00. The second-order valence-corrected chi connectivity index (χ2v) is 7.66. The fraction of sp³-hybridized carbons (Fsp3) is 0.304. The van der Waals surface area contributed by atoms with Gasteiger partial charge < -0.3 is 9.80 Å².